The van der Waals surface area contributed by atoms with Gasteiger partial charge in [0.05, 0.1) is 47.8 Å². The molecular formula is C19H22FN7O. The standard InChI is InChI=1S/C19H22FN7O/c1-10-6-23-19-18(28)12(7-24-27(10)19)14-8-22-16(9-21-14)26(2)15-5-11-3-4-13(25-11)17(15)20/h6-9,11,13,15,17,25,28H,3-5H2,1-2H3/t11-,13?,15-,17+/m0/s1. The molecule has 0 aliphatic carbocycles. The lowest BCUT2D eigenvalue weighted by atomic mass is 9.96. The Morgan fingerprint density at radius 1 is 1.18 bits per heavy atom. The molecule has 2 aliphatic heterocycles. The van der Waals surface area contributed by atoms with Crippen LogP contribution in [-0.4, -0.2) is 61.0 Å². The zero-order valence-electron chi connectivity index (χ0n) is 15.7. The van der Waals surface area contributed by atoms with E-state index < -0.39 is 6.17 Å². The van der Waals surface area contributed by atoms with E-state index in [1.165, 1.54) is 0 Å². The predicted molar refractivity (Wildman–Crippen MR) is 102 cm³/mol. The Kier molecular flexibility index (Phi) is 3.94. The maximum Gasteiger partial charge on any atom is 0.197 e. The summed E-state index contributed by atoms with van der Waals surface area (Å²) in [5.41, 5.74) is 2.16. The van der Waals surface area contributed by atoms with E-state index in [9.17, 15) is 9.50 Å². The minimum absolute atomic E-state index is 0.0113. The Bertz CT molecular complexity index is 1020. The highest BCUT2D eigenvalue weighted by atomic mass is 19.1. The minimum atomic E-state index is -0.926. The van der Waals surface area contributed by atoms with E-state index >= 15 is 0 Å². The van der Waals surface area contributed by atoms with Crippen molar-refractivity contribution in [3.63, 3.8) is 0 Å². The molecule has 0 amide bonds. The summed E-state index contributed by atoms with van der Waals surface area (Å²) in [6.45, 7) is 1.86. The predicted octanol–water partition coefficient (Wildman–Crippen LogP) is 1.87. The number of nitrogens with zero attached hydrogens (tertiary/aromatic N) is 6. The van der Waals surface area contributed by atoms with E-state index in [2.05, 4.69) is 25.4 Å². The van der Waals surface area contributed by atoms with E-state index in [1.807, 2.05) is 18.9 Å². The van der Waals surface area contributed by atoms with Gasteiger partial charge in [-0.15, -0.1) is 0 Å². The lowest BCUT2D eigenvalue weighted by Crippen LogP contribution is -2.55. The van der Waals surface area contributed by atoms with Crippen molar-refractivity contribution >= 4 is 11.5 Å². The fraction of sp³-hybridized carbons (Fsp3) is 0.474. The molecule has 28 heavy (non-hydrogen) atoms. The lowest BCUT2D eigenvalue weighted by Gasteiger charge is -2.38. The molecule has 2 saturated heterocycles. The monoisotopic (exact) mass is 383 g/mol. The van der Waals surface area contributed by atoms with Crippen molar-refractivity contribution in [3.05, 3.63) is 30.5 Å². The van der Waals surface area contributed by atoms with Crippen LogP contribution in [-0.2, 0) is 0 Å². The summed E-state index contributed by atoms with van der Waals surface area (Å²) in [5, 5.41) is 18.2. The Morgan fingerprint density at radius 3 is 2.82 bits per heavy atom. The van der Waals surface area contributed by atoms with Crippen molar-refractivity contribution in [3.8, 4) is 17.0 Å². The number of aromatic hydroxyl groups is 1. The SMILES string of the molecule is Cc1cnc2c(O)c(-c3cnc(N(C)[C@H]4C[C@@H]5CCC(N5)[C@H]4F)cn3)cnn12. The molecule has 5 heterocycles. The molecular weight excluding hydrogens is 361 g/mol. The molecule has 2 bridgehead atoms. The highest BCUT2D eigenvalue weighted by Gasteiger charge is 2.43. The second kappa shape index (κ2) is 6.37. The van der Waals surface area contributed by atoms with Gasteiger partial charge < -0.3 is 15.3 Å². The summed E-state index contributed by atoms with van der Waals surface area (Å²) < 4.78 is 16.4. The van der Waals surface area contributed by atoms with Crippen LogP contribution in [0.4, 0.5) is 10.2 Å². The second-order valence-electron chi connectivity index (χ2n) is 7.71. The smallest absolute Gasteiger partial charge is 0.197 e. The number of alkyl halides is 1. The van der Waals surface area contributed by atoms with Crippen molar-refractivity contribution in [2.24, 2.45) is 0 Å². The average Bonchev–Trinajstić information content (AvgIpc) is 3.29. The van der Waals surface area contributed by atoms with Crippen LogP contribution in [0.1, 0.15) is 25.0 Å². The van der Waals surface area contributed by atoms with Crippen LogP contribution < -0.4 is 10.2 Å². The molecule has 1 unspecified atom stereocenters. The summed E-state index contributed by atoms with van der Waals surface area (Å²) in [5.74, 6) is 0.625. The number of aryl methyl sites for hydroxylation is 1. The normalized spacial score (nSPS) is 26.7. The van der Waals surface area contributed by atoms with Crippen LogP contribution in [0.3, 0.4) is 0 Å². The van der Waals surface area contributed by atoms with Crippen LogP contribution in [0.2, 0.25) is 0 Å². The molecule has 3 aromatic heterocycles. The number of imidazole rings is 1. The minimum Gasteiger partial charge on any atom is -0.504 e. The topological polar surface area (TPSA) is 91.5 Å². The highest BCUT2D eigenvalue weighted by molar-refractivity contribution is 5.73. The van der Waals surface area contributed by atoms with Crippen LogP contribution in [0.5, 0.6) is 5.75 Å². The second-order valence-corrected chi connectivity index (χ2v) is 7.71. The van der Waals surface area contributed by atoms with Crippen molar-refractivity contribution in [1.29, 1.82) is 0 Å². The molecule has 9 heteroatoms. The quantitative estimate of drug-likeness (QED) is 0.713. The molecule has 2 fully saturated rings. The molecule has 0 aromatic carbocycles. The van der Waals surface area contributed by atoms with Gasteiger partial charge in [-0.3, -0.25) is 4.98 Å². The maximum atomic E-state index is 14.8. The largest absolute Gasteiger partial charge is 0.504 e. The number of anilines is 1. The van der Waals surface area contributed by atoms with Gasteiger partial charge in [-0.05, 0) is 26.2 Å². The van der Waals surface area contributed by atoms with E-state index in [4.69, 9.17) is 0 Å². The van der Waals surface area contributed by atoms with Crippen LogP contribution in [0.15, 0.2) is 24.8 Å². The van der Waals surface area contributed by atoms with Gasteiger partial charge in [0.15, 0.2) is 11.4 Å². The van der Waals surface area contributed by atoms with Crippen molar-refractivity contribution in [1.82, 2.24) is 29.9 Å². The van der Waals surface area contributed by atoms with Gasteiger partial charge in [0.1, 0.15) is 12.0 Å². The molecule has 8 nitrogen and oxygen atoms in total. The van der Waals surface area contributed by atoms with E-state index in [1.54, 1.807) is 29.3 Å². The van der Waals surface area contributed by atoms with E-state index in [0.717, 1.165) is 25.0 Å². The van der Waals surface area contributed by atoms with Gasteiger partial charge in [-0.2, -0.15) is 5.10 Å². The first kappa shape index (κ1) is 17.3. The maximum absolute atomic E-state index is 14.8. The van der Waals surface area contributed by atoms with Crippen molar-refractivity contribution in [2.75, 3.05) is 11.9 Å². The fourth-order valence-corrected chi connectivity index (χ4v) is 4.38. The number of hydrogen-bond donors (Lipinski definition) is 2. The number of aromatic nitrogens is 5. The molecule has 2 N–H and O–H groups in total. The zero-order valence-corrected chi connectivity index (χ0v) is 15.7. The van der Waals surface area contributed by atoms with Crippen LogP contribution in [0.25, 0.3) is 16.9 Å². The molecule has 5 rings (SSSR count). The van der Waals surface area contributed by atoms with Crippen molar-refractivity contribution < 1.29 is 9.50 Å². The van der Waals surface area contributed by atoms with Crippen LogP contribution >= 0.6 is 0 Å². The lowest BCUT2D eigenvalue weighted by molar-refractivity contribution is 0.176. The molecule has 0 radical (unpaired) electrons. The Hall–Kier alpha value is -2.81. The average molecular weight is 383 g/mol. The molecule has 0 spiro atoms. The molecule has 3 aromatic rings. The number of fused-ring (bicyclic) bond motifs is 3. The molecule has 146 valence electrons. The summed E-state index contributed by atoms with van der Waals surface area (Å²) in [6, 6.07) is 0.105. The molecule has 2 aliphatic rings. The number of piperidine rings is 1. The first-order chi connectivity index (χ1) is 13.5. The van der Waals surface area contributed by atoms with Gasteiger partial charge in [0.2, 0.25) is 0 Å². The van der Waals surface area contributed by atoms with Gasteiger partial charge in [0, 0.05) is 19.1 Å². The van der Waals surface area contributed by atoms with Gasteiger partial charge in [0.25, 0.3) is 0 Å². The highest BCUT2D eigenvalue weighted by Crippen LogP contribution is 2.34. The molecule has 4 atom stereocenters. The fourth-order valence-electron chi connectivity index (χ4n) is 4.38. The van der Waals surface area contributed by atoms with Gasteiger partial charge >= 0.3 is 0 Å². The van der Waals surface area contributed by atoms with E-state index in [-0.39, 0.29) is 17.8 Å². The third-order valence-corrected chi connectivity index (χ3v) is 6.00. The summed E-state index contributed by atoms with van der Waals surface area (Å²) >= 11 is 0. The van der Waals surface area contributed by atoms with Crippen molar-refractivity contribution in [2.45, 2.75) is 50.5 Å². The number of hydrogen-bond acceptors (Lipinski definition) is 7. The Labute approximate surface area is 161 Å². The summed E-state index contributed by atoms with van der Waals surface area (Å²) in [4.78, 5) is 15.0. The van der Waals surface area contributed by atoms with Gasteiger partial charge in [-0.1, -0.05) is 0 Å². The summed E-state index contributed by atoms with van der Waals surface area (Å²) in [7, 11) is 1.87. The molecule has 0 saturated carbocycles. The van der Waals surface area contributed by atoms with E-state index in [0.29, 0.717) is 28.8 Å². The first-order valence-corrected chi connectivity index (χ1v) is 9.50. The third kappa shape index (κ3) is 2.61. The summed E-state index contributed by atoms with van der Waals surface area (Å²) in [6.07, 6.45) is 8.15. The number of rotatable bonds is 3. The Balaban J connectivity index is 1.42. The Morgan fingerprint density at radius 2 is 2.04 bits per heavy atom. The van der Waals surface area contributed by atoms with Crippen LogP contribution in [0, 0.1) is 6.92 Å². The zero-order chi connectivity index (χ0) is 19.4. The van der Waals surface area contributed by atoms with Gasteiger partial charge in [-0.25, -0.2) is 18.9 Å². The third-order valence-electron chi connectivity index (χ3n) is 6.00. The first-order valence-electron chi connectivity index (χ1n) is 9.50. The number of halogens is 1. The number of nitrogens with one attached hydrogen (secondary N) is 1.